The van der Waals surface area contributed by atoms with Gasteiger partial charge in [-0.05, 0) is 42.8 Å². The van der Waals surface area contributed by atoms with Gasteiger partial charge in [-0.2, -0.15) is 0 Å². The monoisotopic (exact) mass is 295 g/mol. The van der Waals surface area contributed by atoms with Crippen molar-refractivity contribution < 1.29 is 4.74 Å². The molecule has 0 unspecified atom stereocenters. The fourth-order valence-corrected chi connectivity index (χ4v) is 2.92. The third-order valence-electron chi connectivity index (χ3n) is 2.81. The Balaban J connectivity index is 1.69. The summed E-state index contributed by atoms with van der Waals surface area (Å²) in [6.45, 7) is 2.59. The minimum Gasteiger partial charge on any atom is -0.379 e. The smallest absolute Gasteiger partial charge is 0.0805 e. The molecule has 0 saturated heterocycles. The molecule has 1 aromatic heterocycles. The molecule has 1 aromatic carbocycles. The van der Waals surface area contributed by atoms with Crippen LogP contribution >= 0.6 is 22.9 Å². The Hall–Kier alpha value is -0.870. The fourth-order valence-electron chi connectivity index (χ4n) is 1.83. The highest BCUT2D eigenvalue weighted by Crippen LogP contribution is 2.17. The van der Waals surface area contributed by atoms with Crippen LogP contribution in [0.1, 0.15) is 15.3 Å². The van der Waals surface area contributed by atoms with Gasteiger partial charge in [0.2, 0.25) is 0 Å². The highest BCUT2D eigenvalue weighted by Gasteiger charge is 1.99. The van der Waals surface area contributed by atoms with Crippen LogP contribution in [0.4, 0.5) is 0 Å². The first kappa shape index (κ1) is 14.5. The first-order valence-corrected chi connectivity index (χ1v) is 7.49. The number of hydrogen-bond donors (Lipinski definition) is 1. The topological polar surface area (TPSA) is 21.3 Å². The molecule has 0 spiro atoms. The standard InChI is InChI=1S/C15H18ClNOS/c1-18-11-15-7-6-14(19-15)10-17-9-8-12-2-4-13(16)5-3-12/h2-7,17H,8-11H2,1H3. The maximum Gasteiger partial charge on any atom is 0.0805 e. The van der Waals surface area contributed by atoms with Crippen molar-refractivity contribution in [3.63, 3.8) is 0 Å². The number of rotatable bonds is 7. The van der Waals surface area contributed by atoms with Crippen LogP contribution in [0.5, 0.6) is 0 Å². The number of methoxy groups -OCH3 is 1. The van der Waals surface area contributed by atoms with Gasteiger partial charge in [-0.3, -0.25) is 0 Å². The molecule has 0 radical (unpaired) electrons. The van der Waals surface area contributed by atoms with E-state index < -0.39 is 0 Å². The number of hydrogen-bond acceptors (Lipinski definition) is 3. The SMILES string of the molecule is COCc1ccc(CNCCc2ccc(Cl)cc2)s1. The Kier molecular flexibility index (Phi) is 5.86. The van der Waals surface area contributed by atoms with Gasteiger partial charge in [-0.25, -0.2) is 0 Å². The zero-order chi connectivity index (χ0) is 13.5. The molecule has 19 heavy (non-hydrogen) atoms. The van der Waals surface area contributed by atoms with E-state index in [-0.39, 0.29) is 0 Å². The van der Waals surface area contributed by atoms with Crippen molar-refractivity contribution in [3.8, 4) is 0 Å². The summed E-state index contributed by atoms with van der Waals surface area (Å²) in [5.74, 6) is 0. The average Bonchev–Trinajstić information content (AvgIpc) is 2.85. The van der Waals surface area contributed by atoms with Crippen LogP contribution in [-0.2, 0) is 24.3 Å². The number of halogens is 1. The zero-order valence-electron chi connectivity index (χ0n) is 11.0. The van der Waals surface area contributed by atoms with Crippen LogP contribution in [0, 0.1) is 0 Å². The van der Waals surface area contributed by atoms with Gasteiger partial charge in [-0.1, -0.05) is 23.7 Å². The molecule has 102 valence electrons. The normalized spacial score (nSPS) is 10.8. The molecule has 1 N–H and O–H groups in total. The van der Waals surface area contributed by atoms with Crippen molar-refractivity contribution in [2.24, 2.45) is 0 Å². The van der Waals surface area contributed by atoms with E-state index in [0.717, 1.165) is 24.5 Å². The van der Waals surface area contributed by atoms with E-state index in [4.69, 9.17) is 16.3 Å². The molecule has 2 aromatic rings. The molecule has 0 amide bonds. The summed E-state index contributed by atoms with van der Waals surface area (Å²) in [7, 11) is 1.73. The quantitative estimate of drug-likeness (QED) is 0.783. The van der Waals surface area contributed by atoms with Crippen LogP contribution < -0.4 is 5.32 Å². The molecular weight excluding hydrogens is 278 g/mol. The van der Waals surface area contributed by atoms with Crippen molar-refractivity contribution in [1.29, 1.82) is 0 Å². The summed E-state index contributed by atoms with van der Waals surface area (Å²) in [4.78, 5) is 2.63. The predicted molar refractivity (Wildman–Crippen MR) is 81.9 cm³/mol. The zero-order valence-corrected chi connectivity index (χ0v) is 12.6. The van der Waals surface area contributed by atoms with Crippen LogP contribution in [0.3, 0.4) is 0 Å². The Morgan fingerprint density at radius 2 is 1.84 bits per heavy atom. The van der Waals surface area contributed by atoms with E-state index in [1.165, 1.54) is 15.3 Å². The Bertz CT molecular complexity index is 495. The van der Waals surface area contributed by atoms with Crippen molar-refractivity contribution in [1.82, 2.24) is 5.32 Å². The second-order valence-electron chi connectivity index (χ2n) is 4.35. The summed E-state index contributed by atoms with van der Waals surface area (Å²) in [5.41, 5.74) is 1.31. The molecule has 0 aliphatic carbocycles. The lowest BCUT2D eigenvalue weighted by atomic mass is 10.1. The van der Waals surface area contributed by atoms with Gasteiger partial charge in [0.25, 0.3) is 0 Å². The molecule has 4 heteroatoms. The number of nitrogens with one attached hydrogen (secondary N) is 1. The Morgan fingerprint density at radius 3 is 2.58 bits per heavy atom. The van der Waals surface area contributed by atoms with Gasteiger partial charge in [0.05, 0.1) is 6.61 Å². The molecule has 0 atom stereocenters. The highest BCUT2D eigenvalue weighted by molar-refractivity contribution is 7.11. The third-order valence-corrected chi connectivity index (χ3v) is 4.12. The van der Waals surface area contributed by atoms with Crippen molar-refractivity contribution in [2.45, 2.75) is 19.6 Å². The summed E-state index contributed by atoms with van der Waals surface area (Å²) in [6, 6.07) is 12.3. The van der Waals surface area contributed by atoms with Gasteiger partial charge in [0.1, 0.15) is 0 Å². The van der Waals surface area contributed by atoms with Crippen LogP contribution in [0.15, 0.2) is 36.4 Å². The minimum atomic E-state index is 0.704. The lowest BCUT2D eigenvalue weighted by Crippen LogP contribution is -2.15. The van der Waals surface area contributed by atoms with Gasteiger partial charge in [-0.15, -0.1) is 11.3 Å². The number of ether oxygens (including phenoxy) is 1. The molecule has 0 fully saturated rings. The molecular formula is C15H18ClNOS. The van der Waals surface area contributed by atoms with E-state index >= 15 is 0 Å². The van der Waals surface area contributed by atoms with Crippen LogP contribution in [-0.4, -0.2) is 13.7 Å². The van der Waals surface area contributed by atoms with Crippen molar-refractivity contribution in [3.05, 3.63) is 56.7 Å². The van der Waals surface area contributed by atoms with Gasteiger partial charge < -0.3 is 10.1 Å². The van der Waals surface area contributed by atoms with Gasteiger partial charge in [0.15, 0.2) is 0 Å². The Labute approximate surface area is 123 Å². The summed E-state index contributed by atoms with van der Waals surface area (Å²) >= 11 is 7.66. The largest absolute Gasteiger partial charge is 0.379 e. The lowest BCUT2D eigenvalue weighted by Gasteiger charge is -2.03. The first-order valence-electron chi connectivity index (χ1n) is 6.29. The predicted octanol–water partition coefficient (Wildman–Crippen LogP) is 3.88. The lowest BCUT2D eigenvalue weighted by molar-refractivity contribution is 0.187. The minimum absolute atomic E-state index is 0.704. The van der Waals surface area contributed by atoms with E-state index in [9.17, 15) is 0 Å². The summed E-state index contributed by atoms with van der Waals surface area (Å²) < 4.78 is 5.11. The summed E-state index contributed by atoms with van der Waals surface area (Å²) in [6.07, 6.45) is 1.02. The van der Waals surface area contributed by atoms with Crippen LogP contribution in [0.2, 0.25) is 5.02 Å². The first-order chi connectivity index (χ1) is 9.28. The molecule has 2 rings (SSSR count). The summed E-state index contributed by atoms with van der Waals surface area (Å²) in [5, 5.41) is 4.25. The van der Waals surface area contributed by atoms with Gasteiger partial charge in [0, 0.05) is 28.4 Å². The number of benzene rings is 1. The maximum atomic E-state index is 5.86. The highest BCUT2D eigenvalue weighted by atomic mass is 35.5. The van der Waals surface area contributed by atoms with E-state index in [0.29, 0.717) is 6.61 Å². The van der Waals surface area contributed by atoms with E-state index in [1.54, 1.807) is 18.4 Å². The fraction of sp³-hybridized carbons (Fsp3) is 0.333. The Morgan fingerprint density at radius 1 is 1.11 bits per heavy atom. The second-order valence-corrected chi connectivity index (χ2v) is 6.04. The van der Waals surface area contributed by atoms with Crippen molar-refractivity contribution >= 4 is 22.9 Å². The molecule has 0 bridgehead atoms. The maximum absolute atomic E-state index is 5.86. The van der Waals surface area contributed by atoms with Crippen molar-refractivity contribution in [2.75, 3.05) is 13.7 Å². The van der Waals surface area contributed by atoms with Crippen LogP contribution in [0.25, 0.3) is 0 Å². The average molecular weight is 296 g/mol. The van der Waals surface area contributed by atoms with E-state index in [1.807, 2.05) is 12.1 Å². The van der Waals surface area contributed by atoms with Gasteiger partial charge >= 0.3 is 0 Å². The molecule has 0 aliphatic heterocycles. The third kappa shape index (κ3) is 4.96. The molecule has 2 nitrogen and oxygen atoms in total. The number of thiophene rings is 1. The van der Waals surface area contributed by atoms with E-state index in [2.05, 4.69) is 29.6 Å². The molecule has 0 aliphatic rings. The second kappa shape index (κ2) is 7.65. The molecule has 1 heterocycles. The molecule has 0 saturated carbocycles.